The number of pyridine rings is 1. The molecule has 2 aliphatic carbocycles. The van der Waals surface area contributed by atoms with Crippen LogP contribution in [-0.4, -0.2) is 85.1 Å². The first-order valence-corrected chi connectivity index (χ1v) is 22.5. The molecule has 328 valence electrons. The first-order chi connectivity index (χ1) is 29.4. The van der Waals surface area contributed by atoms with Gasteiger partial charge in [-0.1, -0.05) is 50.3 Å². The normalized spacial score (nSPS) is 21.3. The number of rotatable bonds is 13. The van der Waals surface area contributed by atoms with E-state index in [4.69, 9.17) is 19.2 Å². The van der Waals surface area contributed by atoms with E-state index < -0.39 is 75.0 Å². The number of benzene rings is 3. The minimum absolute atomic E-state index is 0.00173. The molecule has 1 aromatic heterocycles. The number of sulfonamides is 1. The highest BCUT2D eigenvalue weighted by molar-refractivity contribution is 7.90. The van der Waals surface area contributed by atoms with Crippen molar-refractivity contribution in [1.29, 1.82) is 0 Å². The Labute approximate surface area is 362 Å². The number of nitrogens with zero attached hydrogens (tertiary/aromatic N) is 2. The maximum Gasteiger partial charge on any atom is 0.408 e. The van der Waals surface area contributed by atoms with E-state index in [2.05, 4.69) is 40.1 Å². The third-order valence-electron chi connectivity index (χ3n) is 11.7. The Kier molecular flexibility index (Phi) is 12.4. The summed E-state index contributed by atoms with van der Waals surface area (Å²) in [6.07, 6.45) is 4.34. The number of carbonyl (C=O) groups excluding carboxylic acids is 4. The Hall–Kier alpha value is -5.96. The van der Waals surface area contributed by atoms with E-state index in [0.717, 1.165) is 31.2 Å². The zero-order chi connectivity index (χ0) is 44.6. The number of amides is 4. The van der Waals surface area contributed by atoms with Crippen LogP contribution in [0.3, 0.4) is 0 Å². The lowest BCUT2D eigenvalue weighted by Gasteiger charge is -2.31. The minimum atomic E-state index is -4.29. The van der Waals surface area contributed by atoms with Gasteiger partial charge in [-0.05, 0) is 100 Å². The number of aryl methyl sites for hydroxylation is 2. The number of alkyl carbamates (subject to hydrolysis) is 1. The fourth-order valence-corrected chi connectivity index (χ4v) is 9.39. The summed E-state index contributed by atoms with van der Waals surface area (Å²) in [5.41, 5.74) is 2.37. The van der Waals surface area contributed by atoms with Crippen molar-refractivity contribution in [3.05, 3.63) is 96.6 Å². The highest BCUT2D eigenvalue weighted by Gasteiger charge is 2.61. The summed E-state index contributed by atoms with van der Waals surface area (Å²) in [5.74, 6) is -2.11. The monoisotopic (exact) mass is 865 g/mol. The molecule has 15 heteroatoms. The molecule has 0 unspecified atom stereocenters. The number of hydrogen-bond acceptors (Lipinski definition) is 10. The SMILES string of the molecule is C=C[C@@H]1C[C@]1(NC(=O)[C@@H]1C[C@@H](Oc2cc(-c3ccc4c(c3)CCCC4)nc3cc(OC)ccc23)CN1C(=O)[C@@H](NC(=O)OC(C)(C)C)C(C)C)C(=O)NS(=O)(=O)c1ccccc1. The summed E-state index contributed by atoms with van der Waals surface area (Å²) in [7, 11) is -2.71. The highest BCUT2D eigenvalue weighted by Crippen LogP contribution is 2.45. The van der Waals surface area contributed by atoms with Gasteiger partial charge in [0.15, 0.2) is 0 Å². The van der Waals surface area contributed by atoms with Crippen LogP contribution in [0.2, 0.25) is 0 Å². The lowest BCUT2D eigenvalue weighted by molar-refractivity contribution is -0.141. The van der Waals surface area contributed by atoms with Gasteiger partial charge in [0.2, 0.25) is 11.8 Å². The molecular formula is C47H55N5O9S. The van der Waals surface area contributed by atoms with Crippen LogP contribution in [0.4, 0.5) is 4.79 Å². The van der Waals surface area contributed by atoms with Gasteiger partial charge in [0.05, 0.1) is 29.8 Å². The summed E-state index contributed by atoms with van der Waals surface area (Å²) in [6.45, 7) is 12.4. The number of methoxy groups -OCH3 is 1. The Bertz CT molecular complexity index is 2500. The third kappa shape index (κ3) is 9.42. The molecule has 2 fully saturated rings. The number of aromatic nitrogens is 1. The quantitative estimate of drug-likeness (QED) is 0.130. The number of ether oxygens (including phenoxy) is 3. The number of nitrogens with one attached hydrogen (secondary N) is 3. The fraction of sp³-hybridized carbons (Fsp3) is 0.426. The lowest BCUT2D eigenvalue weighted by Crippen LogP contribution is -2.59. The van der Waals surface area contributed by atoms with Crippen molar-refractivity contribution in [1.82, 2.24) is 25.2 Å². The van der Waals surface area contributed by atoms with Gasteiger partial charge < -0.3 is 29.7 Å². The van der Waals surface area contributed by atoms with Gasteiger partial charge in [-0.2, -0.15) is 0 Å². The first kappa shape index (κ1) is 44.1. The molecule has 5 atom stereocenters. The van der Waals surface area contributed by atoms with Crippen LogP contribution < -0.4 is 24.8 Å². The van der Waals surface area contributed by atoms with Gasteiger partial charge in [0, 0.05) is 35.4 Å². The van der Waals surface area contributed by atoms with Crippen LogP contribution in [0, 0.1) is 11.8 Å². The average molecular weight is 866 g/mol. The van der Waals surface area contributed by atoms with Crippen LogP contribution in [0.5, 0.6) is 11.5 Å². The smallest absolute Gasteiger partial charge is 0.408 e. The topological polar surface area (TPSA) is 182 Å². The van der Waals surface area contributed by atoms with Crippen molar-refractivity contribution in [2.45, 2.75) is 107 Å². The standard InChI is InChI=1S/C47H55N5O9S/c1-8-32-26-47(32,44(55)51-62(57,58)35-16-10-9-11-17-35)50-42(53)39-24-34(27-52(39)43(54)41(28(2)3)49-45(56)61-46(4,5)6)60-40-25-37(48-38-23-33(59-7)20-21-36(38)40)31-19-18-29-14-12-13-15-30(29)22-31/h8-11,16-23,25,28,32,34,39,41H,1,12-15,24,26-27H2,2-7H3,(H,49,56)(H,50,53)(H,51,55)/t32-,34-,39+,41+,47-/m1/s1. The van der Waals surface area contributed by atoms with Crippen molar-refractivity contribution in [2.75, 3.05) is 13.7 Å². The maximum absolute atomic E-state index is 14.6. The molecule has 62 heavy (non-hydrogen) atoms. The molecule has 4 amide bonds. The number of hydrogen-bond donors (Lipinski definition) is 3. The Balaban J connectivity index is 1.22. The minimum Gasteiger partial charge on any atom is -0.497 e. The second-order valence-electron chi connectivity index (χ2n) is 17.7. The van der Waals surface area contributed by atoms with Crippen LogP contribution in [-0.2, 0) is 42.0 Å². The van der Waals surface area contributed by atoms with Crippen molar-refractivity contribution in [2.24, 2.45) is 11.8 Å². The van der Waals surface area contributed by atoms with E-state index in [-0.39, 0.29) is 24.3 Å². The molecule has 0 spiro atoms. The van der Waals surface area contributed by atoms with E-state index in [1.54, 1.807) is 53.9 Å². The largest absolute Gasteiger partial charge is 0.497 e. The molecule has 0 radical (unpaired) electrons. The van der Waals surface area contributed by atoms with E-state index in [9.17, 15) is 27.6 Å². The molecule has 1 saturated carbocycles. The zero-order valence-corrected chi connectivity index (χ0v) is 36.8. The summed E-state index contributed by atoms with van der Waals surface area (Å²) in [6, 6.07) is 18.9. The molecule has 3 aromatic carbocycles. The van der Waals surface area contributed by atoms with Gasteiger partial charge >= 0.3 is 6.09 Å². The summed E-state index contributed by atoms with van der Waals surface area (Å²) < 4.78 is 46.4. The van der Waals surface area contributed by atoms with E-state index >= 15 is 0 Å². The number of fused-ring (bicyclic) bond motifs is 2. The molecule has 1 aliphatic heterocycles. The van der Waals surface area contributed by atoms with Gasteiger partial charge in [-0.15, -0.1) is 6.58 Å². The van der Waals surface area contributed by atoms with Gasteiger partial charge in [-0.25, -0.2) is 22.9 Å². The van der Waals surface area contributed by atoms with Crippen molar-refractivity contribution in [3.8, 4) is 22.8 Å². The first-order valence-electron chi connectivity index (χ1n) is 21.1. The zero-order valence-electron chi connectivity index (χ0n) is 36.0. The second-order valence-corrected chi connectivity index (χ2v) is 19.4. The summed E-state index contributed by atoms with van der Waals surface area (Å²) in [5, 5.41) is 6.21. The van der Waals surface area contributed by atoms with Crippen molar-refractivity contribution < 1.29 is 41.8 Å². The number of carbonyl (C=O) groups is 4. The van der Waals surface area contributed by atoms with Crippen molar-refractivity contribution >= 4 is 44.7 Å². The van der Waals surface area contributed by atoms with Gasteiger partial charge in [0.25, 0.3) is 15.9 Å². The van der Waals surface area contributed by atoms with E-state index in [0.29, 0.717) is 28.1 Å². The molecule has 4 aromatic rings. The molecule has 1 saturated heterocycles. The second kappa shape index (κ2) is 17.4. The Morgan fingerprint density at radius 2 is 1.69 bits per heavy atom. The summed E-state index contributed by atoms with van der Waals surface area (Å²) in [4.78, 5) is 62.4. The average Bonchev–Trinajstić information content (AvgIpc) is 3.80. The fourth-order valence-electron chi connectivity index (χ4n) is 8.33. The van der Waals surface area contributed by atoms with Crippen LogP contribution >= 0.6 is 0 Å². The van der Waals surface area contributed by atoms with Crippen LogP contribution in [0.15, 0.2) is 90.3 Å². The molecule has 3 aliphatic rings. The predicted molar refractivity (Wildman–Crippen MR) is 234 cm³/mol. The molecular weight excluding hydrogens is 811 g/mol. The van der Waals surface area contributed by atoms with E-state index in [1.807, 2.05) is 18.2 Å². The van der Waals surface area contributed by atoms with Gasteiger partial charge in [-0.3, -0.25) is 14.4 Å². The van der Waals surface area contributed by atoms with Crippen LogP contribution in [0.25, 0.3) is 22.2 Å². The van der Waals surface area contributed by atoms with E-state index in [1.165, 1.54) is 46.4 Å². The molecule has 14 nitrogen and oxygen atoms in total. The molecule has 0 bridgehead atoms. The lowest BCUT2D eigenvalue weighted by atomic mass is 9.90. The molecule has 7 rings (SSSR count). The Morgan fingerprint density at radius 1 is 0.968 bits per heavy atom. The number of likely N-dealkylation sites (tertiary alicyclic amines) is 1. The van der Waals surface area contributed by atoms with Crippen molar-refractivity contribution in [3.63, 3.8) is 0 Å². The summed E-state index contributed by atoms with van der Waals surface area (Å²) >= 11 is 0. The molecule has 2 heterocycles. The third-order valence-corrected chi connectivity index (χ3v) is 13.0. The van der Waals surface area contributed by atoms with Gasteiger partial charge in [0.1, 0.15) is 40.8 Å². The molecule has 3 N–H and O–H groups in total. The predicted octanol–water partition coefficient (Wildman–Crippen LogP) is 6.25. The maximum atomic E-state index is 14.6. The van der Waals surface area contributed by atoms with Crippen LogP contribution in [0.1, 0.15) is 71.4 Å². The highest BCUT2D eigenvalue weighted by atomic mass is 32.2. The Morgan fingerprint density at radius 3 is 2.35 bits per heavy atom.